The second-order valence-electron chi connectivity index (χ2n) is 3.82. The van der Waals surface area contributed by atoms with E-state index < -0.39 is 18.1 Å². The van der Waals surface area contributed by atoms with Crippen molar-refractivity contribution in [3.05, 3.63) is 11.6 Å². The van der Waals surface area contributed by atoms with Crippen molar-refractivity contribution in [1.82, 2.24) is 4.90 Å². The van der Waals surface area contributed by atoms with Gasteiger partial charge in [0, 0.05) is 19.0 Å². The van der Waals surface area contributed by atoms with Gasteiger partial charge in [0.1, 0.15) is 6.04 Å². The molecule has 1 saturated heterocycles. The van der Waals surface area contributed by atoms with E-state index in [1.807, 2.05) is 6.07 Å². The Hall–Kier alpha value is -2.03. The Kier molecular flexibility index (Phi) is 5.18. The van der Waals surface area contributed by atoms with Gasteiger partial charge in [-0.25, -0.2) is 9.59 Å². The number of carbonyl (C=O) groups excluding carboxylic acids is 2. The Morgan fingerprint density at radius 2 is 2.33 bits per heavy atom. The van der Waals surface area contributed by atoms with Crippen LogP contribution in [0.25, 0.3) is 0 Å². The van der Waals surface area contributed by atoms with Crippen LogP contribution < -0.4 is 0 Å². The first-order chi connectivity index (χ1) is 8.63. The first-order valence-corrected chi connectivity index (χ1v) is 5.72. The Bertz CT molecular complexity index is 397. The van der Waals surface area contributed by atoms with Crippen molar-refractivity contribution in [2.24, 2.45) is 0 Å². The van der Waals surface area contributed by atoms with Crippen LogP contribution in [0.2, 0.25) is 0 Å². The van der Waals surface area contributed by atoms with Gasteiger partial charge in [-0.2, -0.15) is 5.26 Å². The SMILES string of the molecule is CCOC(=O)C1CC(=CC#N)CCN1C(=O)OC. The van der Waals surface area contributed by atoms with Gasteiger partial charge in [-0.3, -0.25) is 4.90 Å². The van der Waals surface area contributed by atoms with Crippen LogP contribution in [0.15, 0.2) is 11.6 Å². The highest BCUT2D eigenvalue weighted by atomic mass is 16.6. The molecule has 0 spiro atoms. The van der Waals surface area contributed by atoms with Crippen molar-refractivity contribution in [1.29, 1.82) is 5.26 Å². The summed E-state index contributed by atoms with van der Waals surface area (Å²) in [6, 6.07) is 1.24. The zero-order valence-electron chi connectivity index (χ0n) is 10.5. The molecular weight excluding hydrogens is 236 g/mol. The lowest BCUT2D eigenvalue weighted by molar-refractivity contribution is -0.149. The maximum Gasteiger partial charge on any atom is 0.410 e. The van der Waals surface area contributed by atoms with E-state index in [-0.39, 0.29) is 6.61 Å². The number of likely N-dealkylation sites (tertiary alicyclic amines) is 1. The molecular formula is C12H16N2O4. The monoisotopic (exact) mass is 252 g/mol. The quantitative estimate of drug-likeness (QED) is 0.545. The number of esters is 1. The molecule has 1 aliphatic rings. The molecule has 1 unspecified atom stereocenters. The molecule has 6 nitrogen and oxygen atoms in total. The number of hydrogen-bond donors (Lipinski definition) is 0. The topological polar surface area (TPSA) is 79.6 Å². The Morgan fingerprint density at radius 3 is 2.89 bits per heavy atom. The predicted octanol–water partition coefficient (Wildman–Crippen LogP) is 1.23. The van der Waals surface area contributed by atoms with Crippen LogP contribution in [0.4, 0.5) is 4.79 Å². The van der Waals surface area contributed by atoms with Gasteiger partial charge in [-0.1, -0.05) is 5.57 Å². The molecule has 1 aliphatic heterocycles. The van der Waals surface area contributed by atoms with E-state index >= 15 is 0 Å². The molecule has 0 aromatic heterocycles. The molecule has 0 aromatic carbocycles. The normalized spacial score (nSPS) is 21.3. The Morgan fingerprint density at radius 1 is 1.61 bits per heavy atom. The number of allylic oxidation sites excluding steroid dienone is 1. The zero-order valence-corrected chi connectivity index (χ0v) is 10.5. The molecule has 0 bridgehead atoms. The van der Waals surface area contributed by atoms with Crippen LogP contribution in [0.1, 0.15) is 19.8 Å². The lowest BCUT2D eigenvalue weighted by Gasteiger charge is -2.33. The van der Waals surface area contributed by atoms with Gasteiger partial charge in [0.2, 0.25) is 0 Å². The van der Waals surface area contributed by atoms with Crippen molar-refractivity contribution in [2.45, 2.75) is 25.8 Å². The van der Waals surface area contributed by atoms with E-state index in [0.29, 0.717) is 19.4 Å². The third-order valence-electron chi connectivity index (χ3n) is 2.74. The molecule has 0 aromatic rings. The van der Waals surface area contributed by atoms with Gasteiger partial charge in [0.25, 0.3) is 0 Å². The molecule has 0 saturated carbocycles. The van der Waals surface area contributed by atoms with Gasteiger partial charge in [0.15, 0.2) is 0 Å². The van der Waals surface area contributed by atoms with Crippen molar-refractivity contribution in [3.8, 4) is 6.07 Å². The fourth-order valence-corrected chi connectivity index (χ4v) is 1.89. The molecule has 6 heteroatoms. The van der Waals surface area contributed by atoms with Gasteiger partial charge in [-0.05, 0) is 13.3 Å². The van der Waals surface area contributed by atoms with E-state index in [4.69, 9.17) is 10.00 Å². The highest BCUT2D eigenvalue weighted by Crippen LogP contribution is 2.23. The summed E-state index contributed by atoms with van der Waals surface area (Å²) in [4.78, 5) is 24.7. The minimum absolute atomic E-state index is 0.252. The van der Waals surface area contributed by atoms with E-state index in [0.717, 1.165) is 5.57 Å². The van der Waals surface area contributed by atoms with Crippen LogP contribution in [0.3, 0.4) is 0 Å². The molecule has 98 valence electrons. The molecule has 0 aliphatic carbocycles. The average molecular weight is 252 g/mol. The van der Waals surface area contributed by atoms with Crippen molar-refractivity contribution >= 4 is 12.1 Å². The van der Waals surface area contributed by atoms with Crippen LogP contribution >= 0.6 is 0 Å². The molecule has 1 amide bonds. The van der Waals surface area contributed by atoms with Gasteiger partial charge >= 0.3 is 12.1 Å². The van der Waals surface area contributed by atoms with Crippen LogP contribution in [-0.2, 0) is 14.3 Å². The smallest absolute Gasteiger partial charge is 0.410 e. The standard InChI is InChI=1S/C12H16N2O4/c1-3-18-11(15)10-8-9(4-6-13)5-7-14(10)12(16)17-2/h4,10H,3,5,7-8H2,1-2H3. The lowest BCUT2D eigenvalue weighted by atomic mass is 9.97. The second kappa shape index (κ2) is 6.64. The largest absolute Gasteiger partial charge is 0.464 e. The summed E-state index contributed by atoms with van der Waals surface area (Å²) < 4.78 is 9.57. The van der Waals surface area contributed by atoms with Crippen LogP contribution in [-0.4, -0.2) is 43.3 Å². The molecule has 1 atom stereocenters. The molecule has 1 heterocycles. The van der Waals surface area contributed by atoms with Gasteiger partial charge < -0.3 is 9.47 Å². The second-order valence-corrected chi connectivity index (χ2v) is 3.82. The molecule has 1 fully saturated rings. The summed E-state index contributed by atoms with van der Waals surface area (Å²) in [6.07, 6.45) is 1.75. The van der Waals surface area contributed by atoms with E-state index in [1.54, 1.807) is 6.92 Å². The number of methoxy groups -OCH3 is 1. The third kappa shape index (κ3) is 3.23. The van der Waals surface area contributed by atoms with Gasteiger partial charge in [0.05, 0.1) is 19.8 Å². The Labute approximate surface area is 106 Å². The summed E-state index contributed by atoms with van der Waals surface area (Å²) >= 11 is 0. The first-order valence-electron chi connectivity index (χ1n) is 5.72. The van der Waals surface area contributed by atoms with E-state index in [2.05, 4.69) is 4.74 Å². The summed E-state index contributed by atoms with van der Waals surface area (Å²) in [7, 11) is 1.27. The predicted molar refractivity (Wildman–Crippen MR) is 62.5 cm³/mol. The van der Waals surface area contributed by atoms with E-state index in [9.17, 15) is 9.59 Å². The van der Waals surface area contributed by atoms with E-state index in [1.165, 1.54) is 18.1 Å². The number of hydrogen-bond acceptors (Lipinski definition) is 5. The summed E-state index contributed by atoms with van der Waals surface area (Å²) in [5.41, 5.74) is 0.843. The summed E-state index contributed by atoms with van der Waals surface area (Å²) in [5.74, 6) is -0.466. The maximum absolute atomic E-state index is 11.8. The number of piperidine rings is 1. The highest BCUT2D eigenvalue weighted by Gasteiger charge is 2.35. The summed E-state index contributed by atoms with van der Waals surface area (Å²) in [5, 5.41) is 8.62. The van der Waals surface area contributed by atoms with Crippen molar-refractivity contribution in [2.75, 3.05) is 20.3 Å². The van der Waals surface area contributed by atoms with Gasteiger partial charge in [-0.15, -0.1) is 0 Å². The Balaban J connectivity index is 2.86. The lowest BCUT2D eigenvalue weighted by Crippen LogP contribution is -2.49. The highest BCUT2D eigenvalue weighted by molar-refractivity contribution is 5.82. The number of nitrogens with zero attached hydrogens (tertiary/aromatic N) is 2. The minimum Gasteiger partial charge on any atom is -0.464 e. The molecule has 0 radical (unpaired) electrons. The molecule has 1 rings (SSSR count). The minimum atomic E-state index is -0.703. The van der Waals surface area contributed by atoms with Crippen molar-refractivity contribution in [3.63, 3.8) is 0 Å². The first kappa shape index (κ1) is 14.0. The number of rotatable bonds is 2. The third-order valence-corrected chi connectivity index (χ3v) is 2.74. The number of nitriles is 1. The molecule has 0 N–H and O–H groups in total. The van der Waals surface area contributed by atoms with Crippen LogP contribution in [0, 0.1) is 11.3 Å². The number of carbonyl (C=O) groups is 2. The van der Waals surface area contributed by atoms with Crippen LogP contribution in [0.5, 0.6) is 0 Å². The zero-order chi connectivity index (χ0) is 13.5. The van der Waals surface area contributed by atoms with Crippen molar-refractivity contribution < 1.29 is 19.1 Å². The maximum atomic E-state index is 11.8. The fourth-order valence-electron chi connectivity index (χ4n) is 1.89. The number of ether oxygens (including phenoxy) is 2. The number of amides is 1. The molecule has 18 heavy (non-hydrogen) atoms. The fraction of sp³-hybridized carbons (Fsp3) is 0.583. The summed E-state index contributed by atoms with van der Waals surface area (Å²) in [6.45, 7) is 2.31. The average Bonchev–Trinajstić information content (AvgIpc) is 2.38.